The van der Waals surface area contributed by atoms with Crippen molar-refractivity contribution in [1.82, 2.24) is 0 Å². The minimum atomic E-state index is -1.07. The first kappa shape index (κ1) is 26.6. The van der Waals surface area contributed by atoms with E-state index in [0.717, 1.165) is 25.7 Å². The van der Waals surface area contributed by atoms with Crippen LogP contribution in [0.25, 0.3) is 11.1 Å². The predicted molar refractivity (Wildman–Crippen MR) is 127 cm³/mol. The van der Waals surface area contributed by atoms with Gasteiger partial charge in [-0.1, -0.05) is 58.1 Å². The molecule has 2 rings (SSSR count). The van der Waals surface area contributed by atoms with E-state index in [2.05, 4.69) is 6.92 Å². The molecule has 0 bridgehead atoms. The third-order valence-corrected chi connectivity index (χ3v) is 5.27. The number of benzene rings is 2. The van der Waals surface area contributed by atoms with Gasteiger partial charge in [0.2, 0.25) is 5.82 Å². The molecule has 2 aromatic rings. The van der Waals surface area contributed by atoms with Crippen LogP contribution in [-0.2, 0) is 9.53 Å². The molecular weight excluding hydrogens is 426 g/mol. The summed E-state index contributed by atoms with van der Waals surface area (Å²) in [5, 5.41) is 0. The largest absolute Gasteiger partial charge is 0.494 e. The van der Waals surface area contributed by atoms with Gasteiger partial charge in [-0.25, -0.2) is 4.39 Å². The molecular formula is C27H36F2O4. The summed E-state index contributed by atoms with van der Waals surface area (Å²) in [4.78, 5) is 11.6. The second kappa shape index (κ2) is 14.5. The minimum Gasteiger partial charge on any atom is -0.494 e. The molecule has 182 valence electrons. The standard InChI is InChI=1S/C27H36F2O4/c1-4-6-8-9-10-18-31-22-14-12-21(13-15-22)23-16-17-24(27(29)26(23)28)33-20(3)19-32-25(30)11-7-5-2/h12-17,20H,4-11,18-19H2,1-3H3. The fraction of sp³-hybridized carbons (Fsp3) is 0.519. The molecule has 0 aromatic heterocycles. The molecule has 0 aliphatic carbocycles. The van der Waals surface area contributed by atoms with Crippen molar-refractivity contribution in [3.05, 3.63) is 48.0 Å². The van der Waals surface area contributed by atoms with Gasteiger partial charge in [-0.05, 0) is 49.6 Å². The summed E-state index contributed by atoms with van der Waals surface area (Å²) in [6.45, 7) is 6.43. The maximum absolute atomic E-state index is 14.7. The summed E-state index contributed by atoms with van der Waals surface area (Å²) in [6.07, 6.45) is 7.19. The van der Waals surface area contributed by atoms with Crippen LogP contribution in [0.4, 0.5) is 8.78 Å². The highest BCUT2D eigenvalue weighted by Gasteiger charge is 2.18. The van der Waals surface area contributed by atoms with Crippen LogP contribution in [0.5, 0.6) is 11.5 Å². The molecule has 0 fully saturated rings. The number of ether oxygens (including phenoxy) is 3. The van der Waals surface area contributed by atoms with Crippen LogP contribution in [-0.4, -0.2) is 25.3 Å². The molecule has 0 aliphatic rings. The zero-order chi connectivity index (χ0) is 24.1. The van der Waals surface area contributed by atoms with Gasteiger partial charge in [0, 0.05) is 12.0 Å². The Morgan fingerprint density at radius 3 is 2.27 bits per heavy atom. The predicted octanol–water partition coefficient (Wildman–Crippen LogP) is 7.48. The first-order valence-electron chi connectivity index (χ1n) is 12.0. The maximum atomic E-state index is 14.7. The molecule has 0 heterocycles. The van der Waals surface area contributed by atoms with Gasteiger partial charge in [-0.15, -0.1) is 0 Å². The number of esters is 1. The van der Waals surface area contributed by atoms with Gasteiger partial charge < -0.3 is 14.2 Å². The number of unbranched alkanes of at least 4 members (excludes halogenated alkanes) is 5. The summed E-state index contributed by atoms with van der Waals surface area (Å²) in [5.41, 5.74) is 0.691. The molecule has 6 heteroatoms. The van der Waals surface area contributed by atoms with Crippen molar-refractivity contribution in [1.29, 1.82) is 0 Å². The molecule has 33 heavy (non-hydrogen) atoms. The van der Waals surface area contributed by atoms with E-state index in [1.165, 1.54) is 31.4 Å². The molecule has 0 amide bonds. The molecule has 0 radical (unpaired) electrons. The van der Waals surface area contributed by atoms with Crippen LogP contribution < -0.4 is 9.47 Å². The van der Waals surface area contributed by atoms with Crippen molar-refractivity contribution in [2.75, 3.05) is 13.2 Å². The Balaban J connectivity index is 1.91. The molecule has 0 N–H and O–H groups in total. The Bertz CT molecular complexity index is 852. The quantitative estimate of drug-likeness (QED) is 0.203. The third-order valence-electron chi connectivity index (χ3n) is 5.27. The first-order chi connectivity index (χ1) is 16.0. The van der Waals surface area contributed by atoms with E-state index >= 15 is 0 Å². The van der Waals surface area contributed by atoms with Crippen molar-refractivity contribution in [3.63, 3.8) is 0 Å². The molecule has 0 saturated carbocycles. The van der Waals surface area contributed by atoms with Crippen molar-refractivity contribution >= 4 is 5.97 Å². The van der Waals surface area contributed by atoms with Gasteiger partial charge in [0.1, 0.15) is 18.5 Å². The van der Waals surface area contributed by atoms with Gasteiger partial charge in [-0.3, -0.25) is 4.79 Å². The summed E-state index contributed by atoms with van der Waals surface area (Å²) in [5.74, 6) is -1.87. The van der Waals surface area contributed by atoms with Crippen LogP contribution in [0.2, 0.25) is 0 Å². The molecule has 4 nitrogen and oxygen atoms in total. The lowest BCUT2D eigenvalue weighted by Crippen LogP contribution is -2.22. The Labute approximate surface area is 196 Å². The number of carbonyl (C=O) groups is 1. The Morgan fingerprint density at radius 2 is 1.58 bits per heavy atom. The lowest BCUT2D eigenvalue weighted by molar-refractivity contribution is -0.146. The van der Waals surface area contributed by atoms with E-state index in [9.17, 15) is 13.6 Å². The fourth-order valence-corrected chi connectivity index (χ4v) is 3.33. The summed E-state index contributed by atoms with van der Waals surface area (Å²) in [7, 11) is 0. The van der Waals surface area contributed by atoms with E-state index in [4.69, 9.17) is 14.2 Å². The molecule has 1 atom stereocenters. The van der Waals surface area contributed by atoms with Crippen LogP contribution in [0.1, 0.15) is 72.1 Å². The van der Waals surface area contributed by atoms with Crippen LogP contribution in [0, 0.1) is 11.6 Å². The van der Waals surface area contributed by atoms with E-state index in [0.29, 0.717) is 24.3 Å². The van der Waals surface area contributed by atoms with Crippen molar-refractivity contribution < 1.29 is 27.8 Å². The number of carbonyl (C=O) groups excluding carboxylic acids is 1. The van der Waals surface area contributed by atoms with Crippen molar-refractivity contribution in [2.24, 2.45) is 0 Å². The van der Waals surface area contributed by atoms with Gasteiger partial charge in [-0.2, -0.15) is 4.39 Å². The number of hydrogen-bond acceptors (Lipinski definition) is 4. The molecule has 0 spiro atoms. The van der Waals surface area contributed by atoms with Crippen LogP contribution in [0.3, 0.4) is 0 Å². The summed E-state index contributed by atoms with van der Waals surface area (Å²) >= 11 is 0. The summed E-state index contributed by atoms with van der Waals surface area (Å²) in [6, 6.07) is 9.82. The average molecular weight is 463 g/mol. The topological polar surface area (TPSA) is 44.8 Å². The van der Waals surface area contributed by atoms with Crippen LogP contribution >= 0.6 is 0 Å². The first-order valence-corrected chi connectivity index (χ1v) is 12.0. The number of hydrogen-bond donors (Lipinski definition) is 0. The Kier molecular flexibility index (Phi) is 11.7. The molecule has 0 aliphatic heterocycles. The monoisotopic (exact) mass is 462 g/mol. The highest BCUT2D eigenvalue weighted by Crippen LogP contribution is 2.31. The van der Waals surface area contributed by atoms with Crippen LogP contribution in [0.15, 0.2) is 36.4 Å². The minimum absolute atomic E-state index is 0.0224. The van der Waals surface area contributed by atoms with Crippen molar-refractivity contribution in [2.45, 2.75) is 78.2 Å². The van der Waals surface area contributed by atoms with E-state index in [1.807, 2.05) is 6.92 Å². The third kappa shape index (κ3) is 9.03. The van der Waals surface area contributed by atoms with Crippen molar-refractivity contribution in [3.8, 4) is 22.6 Å². The molecule has 1 unspecified atom stereocenters. The normalized spacial score (nSPS) is 11.8. The second-order valence-corrected chi connectivity index (χ2v) is 8.24. The van der Waals surface area contributed by atoms with Gasteiger partial charge >= 0.3 is 5.97 Å². The summed E-state index contributed by atoms with van der Waals surface area (Å²) < 4.78 is 45.6. The van der Waals surface area contributed by atoms with Gasteiger partial charge in [0.25, 0.3) is 0 Å². The SMILES string of the molecule is CCCCCCCOc1ccc(-c2ccc(OC(C)COC(=O)CCCC)c(F)c2F)cc1. The number of rotatable bonds is 15. The van der Waals surface area contributed by atoms with E-state index in [-0.39, 0.29) is 23.9 Å². The Hall–Kier alpha value is -2.63. The average Bonchev–Trinajstić information content (AvgIpc) is 2.82. The zero-order valence-electron chi connectivity index (χ0n) is 20.0. The maximum Gasteiger partial charge on any atom is 0.305 e. The highest BCUT2D eigenvalue weighted by molar-refractivity contribution is 5.69. The smallest absolute Gasteiger partial charge is 0.305 e. The number of halogens is 2. The lowest BCUT2D eigenvalue weighted by atomic mass is 10.0. The fourth-order valence-electron chi connectivity index (χ4n) is 3.33. The Morgan fingerprint density at radius 1 is 0.879 bits per heavy atom. The second-order valence-electron chi connectivity index (χ2n) is 8.24. The molecule has 0 saturated heterocycles. The highest BCUT2D eigenvalue weighted by atomic mass is 19.2. The molecule has 2 aromatic carbocycles. The van der Waals surface area contributed by atoms with Gasteiger partial charge in [0.05, 0.1) is 6.61 Å². The van der Waals surface area contributed by atoms with E-state index in [1.54, 1.807) is 31.2 Å². The van der Waals surface area contributed by atoms with E-state index < -0.39 is 17.7 Å². The lowest BCUT2D eigenvalue weighted by Gasteiger charge is -2.16. The van der Waals surface area contributed by atoms with Gasteiger partial charge in [0.15, 0.2) is 11.6 Å². The zero-order valence-corrected chi connectivity index (χ0v) is 20.0.